The Labute approximate surface area is 152 Å². The second kappa shape index (κ2) is 6.82. The van der Waals surface area contributed by atoms with Crippen LogP contribution in [0.15, 0.2) is 48.5 Å². The Morgan fingerprint density at radius 2 is 1.92 bits per heavy atom. The second-order valence-electron chi connectivity index (χ2n) is 7.02. The van der Waals surface area contributed by atoms with Crippen LogP contribution in [-0.2, 0) is 11.3 Å². The van der Waals surface area contributed by atoms with Gasteiger partial charge in [-0.25, -0.2) is 4.39 Å². The number of aliphatic hydroxyl groups excluding tert-OH is 1. The number of likely N-dealkylation sites (tertiary alicyclic amines) is 1. The first kappa shape index (κ1) is 17.2. The van der Waals surface area contributed by atoms with E-state index in [4.69, 9.17) is 0 Å². The molecule has 26 heavy (non-hydrogen) atoms. The van der Waals surface area contributed by atoms with Crippen molar-refractivity contribution >= 4 is 11.6 Å². The number of hydrogen-bond acceptors (Lipinski definition) is 3. The number of aliphatic hydroxyl groups is 1. The lowest BCUT2D eigenvalue weighted by Crippen LogP contribution is -2.68. The smallest absolute Gasteiger partial charge is 0.226 e. The van der Waals surface area contributed by atoms with E-state index in [9.17, 15) is 14.3 Å². The maximum Gasteiger partial charge on any atom is 0.226 e. The van der Waals surface area contributed by atoms with E-state index in [2.05, 4.69) is 4.90 Å². The van der Waals surface area contributed by atoms with Gasteiger partial charge in [0.15, 0.2) is 0 Å². The molecular formula is C21H23FN2O2. The summed E-state index contributed by atoms with van der Waals surface area (Å²) in [6, 6.07) is 14.7. The minimum atomic E-state index is -0.231. The van der Waals surface area contributed by atoms with Crippen molar-refractivity contribution in [1.29, 1.82) is 0 Å². The standard InChI is InChI=1S/C21H23FN2O2/c1-2-20(26)24-12-18-21(15-8-4-6-10-17(15)24)19(13-25)23(18)11-14-7-3-5-9-16(14)22/h3-10,18-19,21,25H,2,11-13H2,1H3/t18-,19-,21+/m0/s1. The van der Waals surface area contributed by atoms with Gasteiger partial charge >= 0.3 is 0 Å². The van der Waals surface area contributed by atoms with Crippen molar-refractivity contribution in [3.8, 4) is 0 Å². The van der Waals surface area contributed by atoms with E-state index in [1.165, 1.54) is 6.07 Å². The molecule has 2 aromatic rings. The van der Waals surface area contributed by atoms with Gasteiger partial charge < -0.3 is 10.0 Å². The highest BCUT2D eigenvalue weighted by Crippen LogP contribution is 2.48. The van der Waals surface area contributed by atoms with Gasteiger partial charge in [-0.1, -0.05) is 43.3 Å². The molecular weight excluding hydrogens is 331 g/mol. The number of anilines is 1. The summed E-state index contributed by atoms with van der Waals surface area (Å²) in [6.45, 7) is 2.91. The molecule has 0 bridgehead atoms. The van der Waals surface area contributed by atoms with Crippen LogP contribution < -0.4 is 4.90 Å². The monoisotopic (exact) mass is 354 g/mol. The average molecular weight is 354 g/mol. The predicted molar refractivity (Wildman–Crippen MR) is 98.4 cm³/mol. The molecule has 0 spiro atoms. The second-order valence-corrected chi connectivity index (χ2v) is 7.02. The van der Waals surface area contributed by atoms with Gasteiger partial charge in [0.1, 0.15) is 5.82 Å². The number of benzene rings is 2. The van der Waals surface area contributed by atoms with Gasteiger partial charge in [0.25, 0.3) is 0 Å². The number of halogens is 1. The van der Waals surface area contributed by atoms with Crippen molar-refractivity contribution in [2.75, 3.05) is 18.1 Å². The van der Waals surface area contributed by atoms with Gasteiger partial charge in [0.2, 0.25) is 5.91 Å². The molecule has 5 heteroatoms. The molecule has 4 rings (SSSR count). The fourth-order valence-corrected chi connectivity index (χ4v) is 4.45. The molecule has 4 nitrogen and oxygen atoms in total. The number of hydrogen-bond donors (Lipinski definition) is 1. The predicted octanol–water partition coefficient (Wildman–Crippen LogP) is 2.91. The SMILES string of the molecule is CCC(=O)N1C[C@H]2[C@@H](c3ccccc31)[C@H](CO)N2Cc1ccccc1F. The molecule has 0 saturated carbocycles. The third-order valence-electron chi connectivity index (χ3n) is 5.74. The molecule has 0 aromatic heterocycles. The highest BCUT2D eigenvalue weighted by Gasteiger charge is 2.52. The highest BCUT2D eigenvalue weighted by molar-refractivity contribution is 5.95. The van der Waals surface area contributed by atoms with Crippen molar-refractivity contribution in [2.24, 2.45) is 0 Å². The van der Waals surface area contributed by atoms with Crippen LogP contribution in [0.2, 0.25) is 0 Å². The van der Waals surface area contributed by atoms with Crippen LogP contribution in [0.3, 0.4) is 0 Å². The molecule has 1 fully saturated rings. The van der Waals surface area contributed by atoms with Crippen LogP contribution in [0.25, 0.3) is 0 Å². The zero-order valence-electron chi connectivity index (χ0n) is 14.8. The summed E-state index contributed by atoms with van der Waals surface area (Å²) in [7, 11) is 0. The van der Waals surface area contributed by atoms with Crippen LogP contribution in [0.4, 0.5) is 10.1 Å². The number of amides is 1. The molecule has 3 atom stereocenters. The molecule has 0 unspecified atom stereocenters. The van der Waals surface area contributed by atoms with E-state index in [-0.39, 0.29) is 36.3 Å². The minimum absolute atomic E-state index is 0.0195. The van der Waals surface area contributed by atoms with Crippen molar-refractivity contribution < 1.29 is 14.3 Å². The first-order chi connectivity index (χ1) is 12.7. The summed E-state index contributed by atoms with van der Waals surface area (Å²) < 4.78 is 14.1. The number of carbonyl (C=O) groups is 1. The van der Waals surface area contributed by atoms with Crippen LogP contribution >= 0.6 is 0 Å². The summed E-state index contributed by atoms with van der Waals surface area (Å²) in [5.74, 6) is 0.0309. The van der Waals surface area contributed by atoms with E-state index in [1.807, 2.05) is 42.2 Å². The molecule has 0 radical (unpaired) electrons. The summed E-state index contributed by atoms with van der Waals surface area (Å²) in [6.07, 6.45) is 0.447. The Balaban J connectivity index is 1.68. The van der Waals surface area contributed by atoms with E-state index in [1.54, 1.807) is 12.1 Å². The van der Waals surface area contributed by atoms with Crippen LogP contribution in [-0.4, -0.2) is 41.1 Å². The summed E-state index contributed by atoms with van der Waals surface area (Å²) in [5.41, 5.74) is 2.68. The lowest BCUT2D eigenvalue weighted by Gasteiger charge is -2.59. The summed E-state index contributed by atoms with van der Waals surface area (Å²) in [4.78, 5) is 16.5. The third-order valence-corrected chi connectivity index (χ3v) is 5.74. The maximum absolute atomic E-state index is 14.1. The molecule has 2 aromatic carbocycles. The number of fused-ring (bicyclic) bond motifs is 3. The van der Waals surface area contributed by atoms with Crippen molar-refractivity contribution in [1.82, 2.24) is 4.90 Å². The Hall–Kier alpha value is -2.24. The van der Waals surface area contributed by atoms with Crippen LogP contribution in [0.5, 0.6) is 0 Å². The number of para-hydroxylation sites is 1. The van der Waals surface area contributed by atoms with Gasteiger partial charge in [-0.15, -0.1) is 0 Å². The molecule has 136 valence electrons. The Bertz CT molecular complexity index is 825. The van der Waals surface area contributed by atoms with Crippen molar-refractivity contribution in [2.45, 2.75) is 37.9 Å². The molecule has 1 N–H and O–H groups in total. The summed E-state index contributed by atoms with van der Waals surface area (Å²) in [5, 5.41) is 9.97. The fourth-order valence-electron chi connectivity index (χ4n) is 4.45. The fraction of sp³-hybridized carbons (Fsp3) is 0.381. The van der Waals surface area contributed by atoms with Gasteiger partial charge in [-0.3, -0.25) is 9.69 Å². The van der Waals surface area contributed by atoms with Gasteiger partial charge in [-0.2, -0.15) is 0 Å². The Morgan fingerprint density at radius 3 is 2.65 bits per heavy atom. The number of carbonyl (C=O) groups excluding carboxylic acids is 1. The summed E-state index contributed by atoms with van der Waals surface area (Å²) >= 11 is 0. The highest BCUT2D eigenvalue weighted by atomic mass is 19.1. The molecule has 2 aliphatic rings. The topological polar surface area (TPSA) is 43.8 Å². The normalized spacial score (nSPS) is 24.6. The number of nitrogens with zero attached hydrogens (tertiary/aromatic N) is 2. The first-order valence-corrected chi connectivity index (χ1v) is 9.15. The third kappa shape index (κ3) is 2.63. The molecule has 1 saturated heterocycles. The van der Waals surface area contributed by atoms with Gasteiger partial charge in [0.05, 0.1) is 6.61 Å². The zero-order chi connectivity index (χ0) is 18.3. The lowest BCUT2D eigenvalue weighted by molar-refractivity contribution is -0.119. The van der Waals surface area contributed by atoms with E-state index < -0.39 is 0 Å². The van der Waals surface area contributed by atoms with Crippen molar-refractivity contribution in [3.63, 3.8) is 0 Å². The first-order valence-electron chi connectivity index (χ1n) is 9.15. The average Bonchev–Trinajstić information content (AvgIpc) is 2.66. The Morgan fingerprint density at radius 1 is 1.19 bits per heavy atom. The number of rotatable bonds is 4. The van der Waals surface area contributed by atoms with Gasteiger partial charge in [0, 0.05) is 48.8 Å². The zero-order valence-corrected chi connectivity index (χ0v) is 14.8. The minimum Gasteiger partial charge on any atom is -0.395 e. The molecule has 2 heterocycles. The lowest BCUT2D eigenvalue weighted by atomic mass is 9.71. The Kier molecular flexibility index (Phi) is 4.51. The largest absolute Gasteiger partial charge is 0.395 e. The van der Waals surface area contributed by atoms with Crippen LogP contribution in [0.1, 0.15) is 30.4 Å². The van der Waals surface area contributed by atoms with E-state index in [0.29, 0.717) is 25.1 Å². The van der Waals surface area contributed by atoms with E-state index in [0.717, 1.165) is 11.3 Å². The quantitative estimate of drug-likeness (QED) is 0.918. The molecule has 0 aliphatic carbocycles. The van der Waals surface area contributed by atoms with Crippen molar-refractivity contribution in [3.05, 3.63) is 65.5 Å². The van der Waals surface area contributed by atoms with Gasteiger partial charge in [-0.05, 0) is 17.7 Å². The van der Waals surface area contributed by atoms with E-state index >= 15 is 0 Å². The van der Waals surface area contributed by atoms with Crippen LogP contribution in [0, 0.1) is 5.82 Å². The molecule has 2 aliphatic heterocycles. The molecule has 1 amide bonds. The maximum atomic E-state index is 14.1.